The molecule has 0 aliphatic carbocycles. The number of pyridine rings is 6. The molecule has 11 heterocycles. The van der Waals surface area contributed by atoms with Gasteiger partial charge in [-0.25, -0.2) is 39.9 Å². The van der Waals surface area contributed by atoms with Gasteiger partial charge >= 0.3 is 0 Å². The van der Waals surface area contributed by atoms with E-state index in [1.54, 1.807) is 74.4 Å². The van der Waals surface area contributed by atoms with E-state index in [0.717, 1.165) is 107 Å². The number of nitrogen functional groups attached to an aromatic ring is 1. The second-order valence-electron chi connectivity index (χ2n) is 21.2. The predicted octanol–water partition coefficient (Wildman–Crippen LogP) is 11.6. The molecule has 0 atom stereocenters. The third-order valence-corrected chi connectivity index (χ3v) is 12.9. The normalized spacial score (nSPS) is 10.1. The van der Waals surface area contributed by atoms with Crippen molar-refractivity contribution in [2.24, 2.45) is 5.73 Å². The maximum atomic E-state index is 10.9. The molecule has 25 heteroatoms. The number of thiocarbonyl (C=S) groups is 1. The molecule has 0 aliphatic heterocycles. The van der Waals surface area contributed by atoms with Gasteiger partial charge in [-0.05, 0) is 146 Å². The molecule has 0 fully saturated rings. The topological polar surface area (TPSA) is 324 Å². The van der Waals surface area contributed by atoms with Crippen LogP contribution in [0.25, 0.3) is 67.5 Å². The Morgan fingerprint density at radius 1 is 0.442 bits per heavy atom. The van der Waals surface area contributed by atoms with E-state index in [0.29, 0.717) is 24.4 Å². The molecule has 482 valence electrons. The number of hydrogen-bond acceptors (Lipinski definition) is 21. The Bertz CT molecular complexity index is 4320. The summed E-state index contributed by atoms with van der Waals surface area (Å²) in [6, 6.07) is 43.0. The number of aromatic nitrogens is 16. The lowest BCUT2D eigenvalue weighted by Crippen LogP contribution is -2.18. The van der Waals surface area contributed by atoms with E-state index in [1.807, 2.05) is 200 Å². The summed E-state index contributed by atoms with van der Waals surface area (Å²) >= 11 is 4.78. The number of anilines is 5. The minimum Gasteiger partial charge on any atom is -0.376 e. The van der Waals surface area contributed by atoms with Crippen molar-refractivity contribution in [1.29, 1.82) is 0 Å². The average molecular weight is 1290 g/mol. The number of hydrogen-bond donors (Lipinski definition) is 5. The SMILES string of the molecule is CC(=O)Cn1cc(-c2cccc(C)n2)cn1.CC(=O)Nc1ncc(-c2cccc(C)n2)cn1.CNc1ncc(-c2cccc(C)n2)cn1.Cc1cccc(-c2ccc(NC(N)=S)cc2)n1.Cc1cccc(-c2cnc(N(C)C)nc2)n1.Cc1cccc(-c2cnc(N)nc2)n1. The lowest BCUT2D eigenvalue weighted by Gasteiger charge is -2.09. The summed E-state index contributed by atoms with van der Waals surface area (Å²) in [5.41, 5.74) is 28.5. The van der Waals surface area contributed by atoms with E-state index < -0.39 is 0 Å². The molecule has 0 saturated carbocycles. The third-order valence-electron chi connectivity index (χ3n) is 12.8. The summed E-state index contributed by atoms with van der Waals surface area (Å²) in [4.78, 5) is 82.7. The molecule has 0 radical (unpaired) electrons. The van der Waals surface area contributed by atoms with Crippen molar-refractivity contribution in [2.45, 2.75) is 61.9 Å². The van der Waals surface area contributed by atoms with Gasteiger partial charge in [0.1, 0.15) is 0 Å². The van der Waals surface area contributed by atoms with Gasteiger partial charge in [-0.3, -0.25) is 49.5 Å². The first-order valence-electron chi connectivity index (χ1n) is 29.7. The fourth-order valence-electron chi connectivity index (χ4n) is 8.33. The van der Waals surface area contributed by atoms with Crippen molar-refractivity contribution in [3.63, 3.8) is 0 Å². The Morgan fingerprint density at radius 2 is 0.779 bits per heavy atom. The van der Waals surface area contributed by atoms with Crippen LogP contribution in [-0.2, 0) is 16.1 Å². The summed E-state index contributed by atoms with van der Waals surface area (Å²) < 4.78 is 1.63. The van der Waals surface area contributed by atoms with Crippen LogP contribution in [0.5, 0.6) is 0 Å². The zero-order valence-corrected chi connectivity index (χ0v) is 55.5. The number of rotatable bonds is 12. The molecule has 12 rings (SSSR count). The second kappa shape index (κ2) is 35.5. The van der Waals surface area contributed by atoms with Crippen molar-refractivity contribution < 1.29 is 9.59 Å². The predicted molar refractivity (Wildman–Crippen MR) is 378 cm³/mol. The highest BCUT2D eigenvalue weighted by molar-refractivity contribution is 7.80. The molecule has 0 aliphatic rings. The van der Waals surface area contributed by atoms with Crippen LogP contribution in [0.2, 0.25) is 0 Å². The van der Waals surface area contributed by atoms with Gasteiger partial charge in [0.25, 0.3) is 0 Å². The van der Waals surface area contributed by atoms with Crippen molar-refractivity contribution in [1.82, 2.24) is 79.6 Å². The minimum absolute atomic E-state index is 0.0897. The highest BCUT2D eigenvalue weighted by atomic mass is 32.1. The fourth-order valence-corrected chi connectivity index (χ4v) is 8.44. The zero-order chi connectivity index (χ0) is 68.2. The maximum absolute atomic E-state index is 10.9. The smallest absolute Gasteiger partial charge is 0.229 e. The van der Waals surface area contributed by atoms with Crippen LogP contribution in [0, 0.1) is 41.5 Å². The average Bonchev–Trinajstić information content (AvgIpc) is 2.29. The Kier molecular flexibility index (Phi) is 26.3. The van der Waals surface area contributed by atoms with Gasteiger partial charge in [0.2, 0.25) is 29.7 Å². The number of nitrogens with two attached hydrogens (primary N) is 2. The molecule has 11 aromatic heterocycles. The lowest BCUT2D eigenvalue weighted by atomic mass is 10.1. The van der Waals surface area contributed by atoms with Crippen molar-refractivity contribution in [3.8, 4) is 67.5 Å². The Labute approximate surface area is 557 Å². The van der Waals surface area contributed by atoms with Crippen molar-refractivity contribution >= 4 is 58.5 Å². The number of benzene rings is 1. The van der Waals surface area contributed by atoms with E-state index in [2.05, 4.69) is 90.8 Å². The Morgan fingerprint density at radius 3 is 1.11 bits per heavy atom. The number of amides is 1. The Hall–Kier alpha value is -12.1. The van der Waals surface area contributed by atoms with Gasteiger partial charge in [-0.2, -0.15) is 5.10 Å². The molecular formula is C70H74N22O2S. The van der Waals surface area contributed by atoms with Gasteiger partial charge in [-0.15, -0.1) is 0 Å². The van der Waals surface area contributed by atoms with E-state index in [-0.39, 0.29) is 22.8 Å². The molecule has 12 aromatic rings. The molecule has 24 nitrogen and oxygen atoms in total. The summed E-state index contributed by atoms with van der Waals surface area (Å²) in [5, 5.41) is 12.7. The highest BCUT2D eigenvalue weighted by Crippen LogP contribution is 2.22. The van der Waals surface area contributed by atoms with Gasteiger partial charge in [0.15, 0.2) is 10.9 Å². The summed E-state index contributed by atoms with van der Waals surface area (Å²) in [7, 11) is 5.62. The van der Waals surface area contributed by atoms with E-state index in [4.69, 9.17) is 23.7 Å². The molecular weight excluding hydrogens is 1210 g/mol. The number of Topliss-reactive ketones (excluding diaryl/α,β-unsaturated/α-hetero) is 1. The number of aryl methyl sites for hydroxylation is 6. The fraction of sp³-hybridized carbons (Fsp3) is 0.171. The van der Waals surface area contributed by atoms with Crippen LogP contribution >= 0.6 is 12.2 Å². The van der Waals surface area contributed by atoms with Crippen LogP contribution in [0.3, 0.4) is 0 Å². The first-order valence-corrected chi connectivity index (χ1v) is 30.1. The zero-order valence-electron chi connectivity index (χ0n) is 54.7. The van der Waals surface area contributed by atoms with Crippen molar-refractivity contribution in [3.05, 3.63) is 230 Å². The molecule has 0 unspecified atom stereocenters. The molecule has 1 aromatic carbocycles. The highest BCUT2D eigenvalue weighted by Gasteiger charge is 2.08. The summed E-state index contributed by atoms with van der Waals surface area (Å²) in [5.74, 6) is 1.80. The Balaban J connectivity index is 0.000000161. The lowest BCUT2D eigenvalue weighted by molar-refractivity contribution is -0.117. The largest absolute Gasteiger partial charge is 0.376 e. The first kappa shape index (κ1) is 70.3. The van der Waals surface area contributed by atoms with E-state index in [1.165, 1.54) is 6.92 Å². The van der Waals surface area contributed by atoms with Crippen LogP contribution < -0.4 is 32.3 Å². The molecule has 95 heavy (non-hydrogen) atoms. The molecule has 7 N–H and O–H groups in total. The number of nitrogens with one attached hydrogen (secondary N) is 3. The minimum atomic E-state index is -0.188. The summed E-state index contributed by atoms with van der Waals surface area (Å²) in [6.07, 6.45) is 17.3. The quantitative estimate of drug-likeness (QED) is 0.0710. The van der Waals surface area contributed by atoms with E-state index in [9.17, 15) is 9.59 Å². The van der Waals surface area contributed by atoms with Crippen LogP contribution in [0.15, 0.2) is 195 Å². The molecule has 1 amide bonds. The first-order chi connectivity index (χ1) is 45.7. The number of ketones is 1. The van der Waals surface area contributed by atoms with Crippen LogP contribution in [-0.4, -0.2) is 118 Å². The van der Waals surface area contributed by atoms with Gasteiger partial charge in [-0.1, -0.05) is 48.5 Å². The number of nitrogens with zero attached hydrogens (tertiary/aromatic N) is 17. The second-order valence-corrected chi connectivity index (χ2v) is 21.6. The third kappa shape index (κ3) is 23.6. The van der Waals surface area contributed by atoms with Gasteiger partial charge < -0.3 is 27.0 Å². The van der Waals surface area contributed by atoms with E-state index >= 15 is 0 Å². The molecule has 0 bridgehead atoms. The number of carbonyl (C=O) groups is 2. The monoisotopic (exact) mass is 1290 g/mol. The number of carbonyl (C=O) groups excluding carboxylic acids is 2. The molecule has 0 spiro atoms. The summed E-state index contributed by atoms with van der Waals surface area (Å²) in [6.45, 7) is 15.0. The maximum Gasteiger partial charge on any atom is 0.229 e. The van der Waals surface area contributed by atoms with Crippen LogP contribution in [0.1, 0.15) is 48.0 Å². The molecule has 0 saturated heterocycles. The van der Waals surface area contributed by atoms with Crippen molar-refractivity contribution in [2.75, 3.05) is 47.7 Å². The standard InChI is InChI=1S/C13H13N3S.C12H12N4O.C12H14N4.C12H13N3O.C11H12N4.C10H10N4/c1-9-3-2-4-12(15-9)10-5-7-11(8-6-10)16-13(14)17;1-8-4-3-5-11(15-8)10-6-13-12(14-7-10)16-9(2)17;1-9-5-4-6-11(15-9)10-7-13-12(14-8-10)16(2)3;1-9-4-3-5-12(14-9)11-6-13-15(8-11)7-10(2)16;1-8-4-3-5-10(15-8)9-6-13-11(12-2)14-7-9;1-7-3-2-4-9(14-7)8-5-12-10(11)13-6-8/h2-8H,1H3,(H3,14,16,17);3-7H,1-2H3,(H,13,14,16,17);4-8H,1-3H3;3-6,8H,7H2,1-2H3;3-7H,1-2H3,(H,12,13,14);2-6H,1H3,(H2,11,12,13). The van der Waals surface area contributed by atoms with Gasteiger partial charge in [0.05, 0.1) is 46.9 Å². The van der Waals surface area contributed by atoms with Crippen LogP contribution in [0.4, 0.5) is 29.5 Å². The van der Waals surface area contributed by atoms with Gasteiger partial charge in [0, 0.05) is 157 Å².